The van der Waals surface area contributed by atoms with Gasteiger partial charge >= 0.3 is 0 Å². The lowest BCUT2D eigenvalue weighted by Gasteiger charge is -2.46. The molecule has 1 atom stereocenters. The Kier molecular flexibility index (Phi) is 2.92. The van der Waals surface area contributed by atoms with Crippen LogP contribution >= 0.6 is 0 Å². The van der Waals surface area contributed by atoms with Crippen LogP contribution in [0.5, 0.6) is 0 Å². The van der Waals surface area contributed by atoms with Crippen LogP contribution in [-0.2, 0) is 10.8 Å². The second-order valence-corrected chi connectivity index (χ2v) is 7.03. The highest BCUT2D eigenvalue weighted by atomic mass is 16.1. The molecule has 0 fully saturated rings. The highest BCUT2D eigenvalue weighted by Crippen LogP contribution is 2.49. The lowest BCUT2D eigenvalue weighted by molar-refractivity contribution is 0.101. The van der Waals surface area contributed by atoms with Crippen LogP contribution in [0.3, 0.4) is 0 Å². The van der Waals surface area contributed by atoms with Crippen molar-refractivity contribution in [3.8, 4) is 0 Å². The van der Waals surface area contributed by atoms with E-state index in [-0.39, 0.29) is 16.6 Å². The van der Waals surface area contributed by atoms with E-state index in [0.29, 0.717) is 5.92 Å². The normalized spacial score (nSPS) is 24.4. The summed E-state index contributed by atoms with van der Waals surface area (Å²) in [5, 5.41) is 0. The molecule has 1 aromatic carbocycles. The Morgan fingerprint density at radius 3 is 2.33 bits per heavy atom. The van der Waals surface area contributed by atoms with Gasteiger partial charge in [0.1, 0.15) is 0 Å². The van der Waals surface area contributed by atoms with Gasteiger partial charge < -0.3 is 0 Å². The largest absolute Gasteiger partial charge is 0.295 e. The third-order valence-corrected chi connectivity index (χ3v) is 4.90. The van der Waals surface area contributed by atoms with Crippen LogP contribution in [0, 0.1) is 5.92 Å². The van der Waals surface area contributed by atoms with Gasteiger partial charge in [0.2, 0.25) is 0 Å². The number of ketones is 1. The third-order valence-electron chi connectivity index (χ3n) is 4.90. The Hall–Kier alpha value is -1.11. The first kappa shape index (κ1) is 13.3. The van der Waals surface area contributed by atoms with Gasteiger partial charge in [-0.15, -0.1) is 0 Å². The van der Waals surface area contributed by atoms with Crippen LogP contribution in [0.25, 0.3) is 0 Å². The van der Waals surface area contributed by atoms with E-state index in [1.165, 1.54) is 17.5 Å². The Morgan fingerprint density at radius 1 is 1.17 bits per heavy atom. The van der Waals surface area contributed by atoms with E-state index in [1.54, 1.807) is 6.92 Å². The van der Waals surface area contributed by atoms with Crippen LogP contribution in [0.2, 0.25) is 0 Å². The molecular weight excluding hydrogens is 220 g/mol. The zero-order valence-corrected chi connectivity index (χ0v) is 12.4. The molecule has 1 aliphatic rings. The van der Waals surface area contributed by atoms with Gasteiger partial charge in [0.15, 0.2) is 5.78 Å². The summed E-state index contributed by atoms with van der Waals surface area (Å²) in [6.07, 6.45) is 1.20. The zero-order valence-electron chi connectivity index (χ0n) is 12.4. The number of Topliss-reactive ketones (excluding diaryl/α,β-unsaturated/α-hetero) is 1. The second-order valence-electron chi connectivity index (χ2n) is 7.03. The molecule has 1 aliphatic carbocycles. The van der Waals surface area contributed by atoms with Crippen molar-refractivity contribution >= 4 is 5.78 Å². The summed E-state index contributed by atoms with van der Waals surface area (Å²) in [5.74, 6) is 0.784. The number of carbonyl (C=O) groups is 1. The summed E-state index contributed by atoms with van der Waals surface area (Å²) in [7, 11) is 0. The van der Waals surface area contributed by atoms with Crippen LogP contribution in [0.4, 0.5) is 0 Å². The van der Waals surface area contributed by atoms with Gasteiger partial charge in [0, 0.05) is 5.56 Å². The summed E-state index contributed by atoms with van der Waals surface area (Å²) in [6, 6.07) is 6.27. The van der Waals surface area contributed by atoms with Crippen molar-refractivity contribution in [2.24, 2.45) is 5.92 Å². The van der Waals surface area contributed by atoms with Gasteiger partial charge in [-0.25, -0.2) is 0 Å². The maximum atomic E-state index is 11.6. The molecule has 0 spiro atoms. The van der Waals surface area contributed by atoms with E-state index in [2.05, 4.69) is 46.8 Å². The molecule has 98 valence electrons. The Bertz CT molecular complexity index is 494. The van der Waals surface area contributed by atoms with Crippen LogP contribution in [0.15, 0.2) is 18.2 Å². The summed E-state index contributed by atoms with van der Waals surface area (Å²) in [4.78, 5) is 11.6. The first-order valence-corrected chi connectivity index (χ1v) is 6.82. The zero-order chi connectivity index (χ0) is 13.7. The van der Waals surface area contributed by atoms with E-state index in [4.69, 9.17) is 0 Å². The molecule has 18 heavy (non-hydrogen) atoms. The molecule has 0 bridgehead atoms. The van der Waals surface area contributed by atoms with Gasteiger partial charge in [-0.1, -0.05) is 46.8 Å². The minimum absolute atomic E-state index is 0.149. The fourth-order valence-corrected chi connectivity index (χ4v) is 3.28. The van der Waals surface area contributed by atoms with E-state index in [0.717, 1.165) is 5.56 Å². The molecule has 0 amide bonds. The predicted octanol–water partition coefficient (Wildman–Crippen LogP) is 4.48. The lowest BCUT2D eigenvalue weighted by Crippen LogP contribution is -2.40. The van der Waals surface area contributed by atoms with E-state index in [9.17, 15) is 4.79 Å². The number of carbonyl (C=O) groups excluding carboxylic acids is 1. The summed E-state index contributed by atoms with van der Waals surface area (Å²) in [6.45, 7) is 13.2. The van der Waals surface area contributed by atoms with Crippen LogP contribution in [-0.4, -0.2) is 5.78 Å². The van der Waals surface area contributed by atoms with Crippen molar-refractivity contribution in [3.63, 3.8) is 0 Å². The molecule has 0 aliphatic heterocycles. The molecule has 1 unspecified atom stereocenters. The first-order chi connectivity index (χ1) is 8.16. The summed E-state index contributed by atoms with van der Waals surface area (Å²) in [5.41, 5.74) is 3.97. The van der Waals surface area contributed by atoms with Crippen molar-refractivity contribution in [2.75, 3.05) is 0 Å². The molecule has 0 saturated carbocycles. The highest BCUT2D eigenvalue weighted by molar-refractivity contribution is 5.94. The molecule has 1 aromatic rings. The standard InChI is InChI=1S/C17H24O/c1-11-10-16(3,4)14-8-7-13(12(2)18)9-15(14)17(11,5)6/h7-9,11H,10H2,1-6H3. The van der Waals surface area contributed by atoms with E-state index >= 15 is 0 Å². The molecule has 0 aromatic heterocycles. The van der Waals surface area contributed by atoms with Gasteiger partial charge in [0.25, 0.3) is 0 Å². The highest BCUT2D eigenvalue weighted by Gasteiger charge is 2.41. The molecule has 1 heteroatoms. The second kappa shape index (κ2) is 3.94. The average molecular weight is 244 g/mol. The number of rotatable bonds is 1. The van der Waals surface area contributed by atoms with Crippen molar-refractivity contribution in [3.05, 3.63) is 34.9 Å². The molecule has 0 radical (unpaired) electrons. The van der Waals surface area contributed by atoms with Crippen molar-refractivity contribution < 1.29 is 4.79 Å². The molecule has 0 saturated heterocycles. The number of hydrogen-bond acceptors (Lipinski definition) is 1. The van der Waals surface area contributed by atoms with E-state index < -0.39 is 0 Å². The van der Waals surface area contributed by atoms with Gasteiger partial charge in [-0.05, 0) is 47.3 Å². The Morgan fingerprint density at radius 2 is 1.78 bits per heavy atom. The van der Waals surface area contributed by atoms with Gasteiger partial charge in [0.05, 0.1) is 0 Å². The number of hydrogen-bond donors (Lipinski definition) is 0. The molecular formula is C17H24O. The van der Waals surface area contributed by atoms with Gasteiger partial charge in [-0.2, -0.15) is 0 Å². The fourth-order valence-electron chi connectivity index (χ4n) is 3.28. The first-order valence-electron chi connectivity index (χ1n) is 6.82. The van der Waals surface area contributed by atoms with Crippen molar-refractivity contribution in [1.29, 1.82) is 0 Å². The number of benzene rings is 1. The smallest absolute Gasteiger partial charge is 0.159 e. The third kappa shape index (κ3) is 1.90. The van der Waals surface area contributed by atoms with Gasteiger partial charge in [-0.3, -0.25) is 4.79 Å². The van der Waals surface area contributed by atoms with E-state index in [1.807, 2.05) is 6.07 Å². The molecule has 1 nitrogen and oxygen atoms in total. The van der Waals surface area contributed by atoms with Crippen LogP contribution in [0.1, 0.15) is 69.4 Å². The quantitative estimate of drug-likeness (QED) is 0.665. The Labute approximate surface area is 111 Å². The minimum Gasteiger partial charge on any atom is -0.295 e. The predicted molar refractivity (Wildman–Crippen MR) is 76.3 cm³/mol. The molecule has 0 N–H and O–H groups in total. The maximum Gasteiger partial charge on any atom is 0.159 e. The average Bonchev–Trinajstić information content (AvgIpc) is 2.26. The maximum absolute atomic E-state index is 11.6. The molecule has 0 heterocycles. The molecule has 2 rings (SSSR count). The number of fused-ring (bicyclic) bond motifs is 1. The van der Waals surface area contributed by atoms with Crippen molar-refractivity contribution in [2.45, 2.75) is 58.8 Å². The fraction of sp³-hybridized carbons (Fsp3) is 0.588. The topological polar surface area (TPSA) is 17.1 Å². The summed E-state index contributed by atoms with van der Waals surface area (Å²) >= 11 is 0. The monoisotopic (exact) mass is 244 g/mol. The lowest BCUT2D eigenvalue weighted by atomic mass is 9.58. The SMILES string of the molecule is CC(=O)c1ccc2c(c1)C(C)(C)C(C)CC2(C)C. The van der Waals surface area contributed by atoms with Crippen molar-refractivity contribution in [1.82, 2.24) is 0 Å². The minimum atomic E-state index is 0.149. The Balaban J connectivity index is 2.68. The summed E-state index contributed by atoms with van der Waals surface area (Å²) < 4.78 is 0. The van der Waals surface area contributed by atoms with Crippen LogP contribution < -0.4 is 0 Å².